The van der Waals surface area contributed by atoms with Gasteiger partial charge in [-0.2, -0.15) is 0 Å². The van der Waals surface area contributed by atoms with Crippen LogP contribution in [0.15, 0.2) is 35.1 Å². The number of aliphatic carboxylic acids is 1. The van der Waals surface area contributed by atoms with Crippen molar-refractivity contribution in [2.75, 3.05) is 6.61 Å². The van der Waals surface area contributed by atoms with Gasteiger partial charge >= 0.3 is 0 Å². The van der Waals surface area contributed by atoms with Gasteiger partial charge in [-0.3, -0.25) is 4.79 Å². The first-order chi connectivity index (χ1) is 7.66. The molecule has 2 rings (SSSR count). The highest BCUT2D eigenvalue weighted by Gasteiger charge is 2.03. The number of nitrogens with one attached hydrogen (secondary N) is 1. The van der Waals surface area contributed by atoms with Gasteiger partial charge < -0.3 is 19.6 Å². The van der Waals surface area contributed by atoms with Crippen molar-refractivity contribution in [3.05, 3.63) is 40.7 Å². The molecule has 0 spiro atoms. The molecule has 1 aromatic carbocycles. The molecule has 0 saturated carbocycles. The number of fused-ring (bicyclic) bond motifs is 1. The van der Waals surface area contributed by atoms with Crippen LogP contribution in [0.2, 0.25) is 0 Å². The first kappa shape index (κ1) is 10.2. The van der Waals surface area contributed by atoms with E-state index >= 15 is 0 Å². The number of para-hydroxylation sites is 1. The maximum absolute atomic E-state index is 11.3. The number of carbonyl (C=O) groups is 1. The molecule has 82 valence electrons. The Morgan fingerprint density at radius 3 is 2.88 bits per heavy atom. The number of carboxylic acids is 1. The average Bonchev–Trinajstić information content (AvgIpc) is 2.25. The lowest BCUT2D eigenvalue weighted by Gasteiger charge is -2.08. The standard InChI is InChI=1S/C11H9NO4/c13-10-5-9(16-6-11(14)15)7-3-1-2-4-8(7)12-10/h1-5H,6H2,(H,12,13)(H,14,15)/p-1. The van der Waals surface area contributed by atoms with Gasteiger partial charge in [-0.25, -0.2) is 0 Å². The number of pyridine rings is 1. The van der Waals surface area contributed by atoms with E-state index in [0.29, 0.717) is 10.9 Å². The van der Waals surface area contributed by atoms with Crippen molar-refractivity contribution < 1.29 is 14.6 Å². The van der Waals surface area contributed by atoms with Crippen molar-refractivity contribution >= 4 is 16.9 Å². The Bertz CT molecular complexity index is 588. The summed E-state index contributed by atoms with van der Waals surface area (Å²) in [7, 11) is 0. The van der Waals surface area contributed by atoms with E-state index in [1.807, 2.05) is 0 Å². The molecule has 1 N–H and O–H groups in total. The van der Waals surface area contributed by atoms with Crippen LogP contribution in [-0.4, -0.2) is 17.6 Å². The molecule has 5 nitrogen and oxygen atoms in total. The topological polar surface area (TPSA) is 82.2 Å². The number of hydrogen-bond acceptors (Lipinski definition) is 4. The van der Waals surface area contributed by atoms with E-state index < -0.39 is 12.6 Å². The molecule has 0 saturated heterocycles. The van der Waals surface area contributed by atoms with E-state index in [1.54, 1.807) is 24.3 Å². The summed E-state index contributed by atoms with van der Waals surface area (Å²) in [6.07, 6.45) is 0. The number of rotatable bonds is 3. The molecule has 5 heteroatoms. The van der Waals surface area contributed by atoms with E-state index in [0.717, 1.165) is 0 Å². The summed E-state index contributed by atoms with van der Waals surface area (Å²) in [4.78, 5) is 24.1. The molecule has 0 unspecified atom stereocenters. The second-order valence-corrected chi connectivity index (χ2v) is 3.20. The van der Waals surface area contributed by atoms with Crippen LogP contribution >= 0.6 is 0 Å². The van der Waals surface area contributed by atoms with Crippen LogP contribution < -0.4 is 15.4 Å². The monoisotopic (exact) mass is 218 g/mol. The second-order valence-electron chi connectivity index (χ2n) is 3.20. The SMILES string of the molecule is O=C([O-])COc1cc(=O)[nH]c2ccccc12. The fourth-order valence-corrected chi connectivity index (χ4v) is 1.43. The van der Waals surface area contributed by atoms with Crippen LogP contribution in [0.1, 0.15) is 0 Å². The molecule has 0 aliphatic rings. The lowest BCUT2D eigenvalue weighted by atomic mass is 10.2. The minimum atomic E-state index is -1.33. The molecule has 1 aromatic heterocycles. The first-order valence-corrected chi connectivity index (χ1v) is 4.61. The van der Waals surface area contributed by atoms with E-state index in [9.17, 15) is 14.7 Å². The molecule has 1 heterocycles. The minimum absolute atomic E-state index is 0.239. The van der Waals surface area contributed by atoms with Gasteiger partial charge in [0.25, 0.3) is 5.56 Å². The molecule has 0 amide bonds. The Kier molecular flexibility index (Phi) is 2.59. The number of carboxylic acid groups (broad SMARTS) is 1. The van der Waals surface area contributed by atoms with Crippen LogP contribution in [0.4, 0.5) is 0 Å². The van der Waals surface area contributed by atoms with E-state index in [1.165, 1.54) is 6.07 Å². The molecule has 0 aliphatic heterocycles. The van der Waals surface area contributed by atoms with Crippen molar-refractivity contribution in [1.29, 1.82) is 0 Å². The summed E-state index contributed by atoms with van der Waals surface area (Å²) in [6, 6.07) is 8.19. The summed E-state index contributed by atoms with van der Waals surface area (Å²) in [5.41, 5.74) is 0.260. The summed E-state index contributed by atoms with van der Waals surface area (Å²) in [6.45, 7) is -0.576. The number of aromatic amines is 1. The van der Waals surface area contributed by atoms with Gasteiger partial charge in [-0.15, -0.1) is 0 Å². The van der Waals surface area contributed by atoms with Gasteiger partial charge in [0.1, 0.15) is 12.4 Å². The quantitative estimate of drug-likeness (QED) is 0.763. The van der Waals surface area contributed by atoms with Crippen molar-refractivity contribution in [3.8, 4) is 5.75 Å². The van der Waals surface area contributed by atoms with Gasteiger partial charge in [-0.05, 0) is 12.1 Å². The van der Waals surface area contributed by atoms with E-state index in [-0.39, 0.29) is 11.3 Å². The highest BCUT2D eigenvalue weighted by atomic mass is 16.5. The third-order valence-electron chi connectivity index (χ3n) is 2.06. The molecule has 0 radical (unpaired) electrons. The van der Waals surface area contributed by atoms with Gasteiger partial charge in [0.2, 0.25) is 0 Å². The number of aromatic nitrogens is 1. The van der Waals surface area contributed by atoms with Crippen molar-refractivity contribution in [1.82, 2.24) is 4.98 Å². The molecule has 0 bridgehead atoms. The molecule has 0 fully saturated rings. The van der Waals surface area contributed by atoms with Crippen LogP contribution in [0.5, 0.6) is 5.75 Å². The maximum Gasteiger partial charge on any atom is 0.252 e. The number of ether oxygens (including phenoxy) is 1. The van der Waals surface area contributed by atoms with Gasteiger partial charge in [0, 0.05) is 11.5 Å². The van der Waals surface area contributed by atoms with Crippen molar-refractivity contribution in [2.45, 2.75) is 0 Å². The van der Waals surface area contributed by atoms with Gasteiger partial charge in [0.15, 0.2) is 0 Å². The Hall–Kier alpha value is -2.30. The minimum Gasteiger partial charge on any atom is -0.546 e. The molecule has 0 atom stereocenters. The molecule has 2 aromatic rings. The summed E-state index contributed by atoms with van der Waals surface area (Å²) < 4.78 is 4.98. The third kappa shape index (κ3) is 2.03. The second kappa shape index (κ2) is 4.06. The van der Waals surface area contributed by atoms with Crippen LogP contribution in [0.3, 0.4) is 0 Å². The zero-order valence-electron chi connectivity index (χ0n) is 8.23. The summed E-state index contributed by atoms with van der Waals surface area (Å²) in [5, 5.41) is 10.9. The van der Waals surface area contributed by atoms with Gasteiger partial charge in [-0.1, -0.05) is 12.1 Å². The van der Waals surface area contributed by atoms with Crippen LogP contribution in [-0.2, 0) is 4.79 Å². The molecular formula is C11H8NO4-. The van der Waals surface area contributed by atoms with E-state index in [2.05, 4.69) is 4.98 Å². The number of hydrogen-bond donors (Lipinski definition) is 1. The third-order valence-corrected chi connectivity index (χ3v) is 2.06. The lowest BCUT2D eigenvalue weighted by Crippen LogP contribution is -2.29. The highest BCUT2D eigenvalue weighted by Crippen LogP contribution is 2.21. The largest absolute Gasteiger partial charge is 0.546 e. The Labute approximate surface area is 90.3 Å². The van der Waals surface area contributed by atoms with Crippen LogP contribution in [0, 0.1) is 0 Å². The Morgan fingerprint density at radius 2 is 2.12 bits per heavy atom. The zero-order valence-corrected chi connectivity index (χ0v) is 8.23. The number of H-pyrrole nitrogens is 1. The Morgan fingerprint density at radius 1 is 1.38 bits per heavy atom. The van der Waals surface area contributed by atoms with Crippen molar-refractivity contribution in [3.63, 3.8) is 0 Å². The fourth-order valence-electron chi connectivity index (χ4n) is 1.43. The van der Waals surface area contributed by atoms with Crippen molar-refractivity contribution in [2.24, 2.45) is 0 Å². The first-order valence-electron chi connectivity index (χ1n) is 4.61. The normalized spacial score (nSPS) is 10.2. The number of carbonyl (C=O) groups excluding carboxylic acids is 1. The fraction of sp³-hybridized carbons (Fsp3) is 0.0909. The summed E-state index contributed by atoms with van der Waals surface area (Å²) >= 11 is 0. The predicted octanol–water partition coefficient (Wildman–Crippen LogP) is -0.343. The average molecular weight is 218 g/mol. The smallest absolute Gasteiger partial charge is 0.252 e. The predicted molar refractivity (Wildman–Crippen MR) is 55.1 cm³/mol. The number of benzene rings is 1. The van der Waals surface area contributed by atoms with Gasteiger partial charge in [0.05, 0.1) is 11.5 Å². The maximum atomic E-state index is 11.3. The molecule has 0 aliphatic carbocycles. The van der Waals surface area contributed by atoms with Crippen LogP contribution in [0.25, 0.3) is 10.9 Å². The highest BCUT2D eigenvalue weighted by molar-refractivity contribution is 5.84. The summed E-state index contributed by atoms with van der Waals surface area (Å²) in [5.74, 6) is -1.09. The van der Waals surface area contributed by atoms with E-state index in [4.69, 9.17) is 4.74 Å². The molecule has 16 heavy (non-hydrogen) atoms. The zero-order chi connectivity index (χ0) is 11.5. The molecular weight excluding hydrogens is 210 g/mol. The lowest BCUT2D eigenvalue weighted by molar-refractivity contribution is -0.307. The Balaban J connectivity index is 2.50.